The van der Waals surface area contributed by atoms with Gasteiger partial charge in [-0.2, -0.15) is 5.26 Å². The van der Waals surface area contributed by atoms with E-state index in [1.165, 1.54) is 11.3 Å². The Morgan fingerprint density at radius 1 is 1.21 bits per heavy atom. The summed E-state index contributed by atoms with van der Waals surface area (Å²) in [5, 5.41) is 8.83. The third-order valence-corrected chi connectivity index (χ3v) is 4.88. The molecule has 0 radical (unpaired) electrons. The fourth-order valence-corrected chi connectivity index (χ4v) is 3.37. The van der Waals surface area contributed by atoms with Crippen LogP contribution in [0.5, 0.6) is 0 Å². The number of hydrogen-bond donors (Lipinski definition) is 1. The Labute approximate surface area is 146 Å². The number of hydrogen-bond acceptors (Lipinski definition) is 4. The van der Waals surface area contributed by atoms with E-state index in [2.05, 4.69) is 4.90 Å². The minimum atomic E-state index is -0.772. The van der Waals surface area contributed by atoms with Gasteiger partial charge in [-0.15, -0.1) is 0 Å². The van der Waals surface area contributed by atoms with Gasteiger partial charge in [0.15, 0.2) is 0 Å². The van der Waals surface area contributed by atoms with Gasteiger partial charge < -0.3 is 5.73 Å². The molecule has 6 heteroatoms. The highest BCUT2D eigenvalue weighted by atomic mass is 35.5. The average Bonchev–Trinajstić information content (AvgIpc) is 2.62. The maximum absolute atomic E-state index is 12.6. The Kier molecular flexibility index (Phi) is 4.61. The summed E-state index contributed by atoms with van der Waals surface area (Å²) < 4.78 is 0. The standard InChI is InChI=1S/C18H19ClN4O/c19-18(22-9-2-1-3-10-22)8-11-23(16(21)12-18)17(24)15-6-4-14(13-20)5-7-15/h4-8,11-12H,1-3,9-10,21H2. The van der Waals surface area contributed by atoms with Crippen LogP contribution in [-0.2, 0) is 0 Å². The van der Waals surface area contributed by atoms with E-state index in [4.69, 9.17) is 22.6 Å². The van der Waals surface area contributed by atoms with Crippen molar-refractivity contribution in [1.29, 1.82) is 5.26 Å². The second kappa shape index (κ2) is 6.68. The number of nitriles is 1. The molecule has 5 nitrogen and oxygen atoms in total. The molecule has 2 aliphatic rings. The van der Waals surface area contributed by atoms with Crippen molar-refractivity contribution in [3.63, 3.8) is 0 Å². The van der Waals surface area contributed by atoms with Crippen LogP contribution in [0.15, 0.2) is 48.4 Å². The summed E-state index contributed by atoms with van der Waals surface area (Å²) in [6.45, 7) is 1.84. The molecule has 2 heterocycles. The van der Waals surface area contributed by atoms with Gasteiger partial charge in [0.2, 0.25) is 0 Å². The third-order valence-electron chi connectivity index (χ3n) is 4.41. The zero-order chi connectivity index (χ0) is 17.2. The largest absolute Gasteiger partial charge is 0.385 e. The molecule has 1 saturated heterocycles. The maximum Gasteiger partial charge on any atom is 0.263 e. The van der Waals surface area contributed by atoms with E-state index < -0.39 is 5.00 Å². The summed E-state index contributed by atoms with van der Waals surface area (Å²) in [5.74, 6) is 0.0642. The Morgan fingerprint density at radius 3 is 2.46 bits per heavy atom. The van der Waals surface area contributed by atoms with Gasteiger partial charge in [-0.1, -0.05) is 18.0 Å². The molecule has 24 heavy (non-hydrogen) atoms. The number of likely N-dealkylation sites (tertiary alicyclic amines) is 1. The Bertz CT molecular complexity index is 728. The topological polar surface area (TPSA) is 73.4 Å². The van der Waals surface area contributed by atoms with E-state index in [-0.39, 0.29) is 5.91 Å². The highest BCUT2D eigenvalue weighted by molar-refractivity contribution is 6.26. The van der Waals surface area contributed by atoms with Crippen molar-refractivity contribution < 1.29 is 4.79 Å². The number of halogens is 1. The van der Waals surface area contributed by atoms with Gasteiger partial charge in [-0.05, 0) is 49.3 Å². The van der Waals surface area contributed by atoms with Crippen molar-refractivity contribution in [2.75, 3.05) is 13.1 Å². The molecule has 0 aliphatic carbocycles. The van der Waals surface area contributed by atoms with Gasteiger partial charge in [-0.3, -0.25) is 14.6 Å². The molecule has 0 bridgehead atoms. The summed E-state index contributed by atoms with van der Waals surface area (Å²) in [6, 6.07) is 8.49. The van der Waals surface area contributed by atoms with E-state index in [9.17, 15) is 4.79 Å². The lowest BCUT2D eigenvalue weighted by Gasteiger charge is -2.40. The van der Waals surface area contributed by atoms with Crippen molar-refractivity contribution >= 4 is 17.5 Å². The van der Waals surface area contributed by atoms with Crippen molar-refractivity contribution in [3.05, 3.63) is 59.6 Å². The molecule has 1 aromatic carbocycles. The normalized spacial score (nSPS) is 24.3. The van der Waals surface area contributed by atoms with E-state index in [0.29, 0.717) is 16.9 Å². The third kappa shape index (κ3) is 3.16. The summed E-state index contributed by atoms with van der Waals surface area (Å²) in [4.78, 5) is 15.4. The zero-order valence-electron chi connectivity index (χ0n) is 13.3. The lowest BCUT2D eigenvalue weighted by molar-refractivity contribution is 0.0848. The number of carbonyl (C=O) groups excluding carboxylic acids is 1. The molecule has 1 atom stereocenters. The van der Waals surface area contributed by atoms with Gasteiger partial charge in [0.05, 0.1) is 11.6 Å². The summed E-state index contributed by atoms with van der Waals surface area (Å²) in [7, 11) is 0. The zero-order valence-corrected chi connectivity index (χ0v) is 14.0. The number of amides is 1. The molecule has 1 unspecified atom stereocenters. The van der Waals surface area contributed by atoms with Crippen molar-refractivity contribution in [3.8, 4) is 6.07 Å². The van der Waals surface area contributed by atoms with Crippen molar-refractivity contribution in [1.82, 2.24) is 9.80 Å². The van der Waals surface area contributed by atoms with Gasteiger partial charge >= 0.3 is 0 Å². The fraction of sp³-hybridized carbons (Fsp3) is 0.333. The number of benzene rings is 1. The molecule has 2 aliphatic heterocycles. The number of nitrogens with two attached hydrogens (primary N) is 1. The van der Waals surface area contributed by atoms with E-state index in [0.717, 1.165) is 25.9 Å². The van der Waals surface area contributed by atoms with Crippen LogP contribution in [0.1, 0.15) is 35.2 Å². The van der Waals surface area contributed by atoms with Gasteiger partial charge in [0.1, 0.15) is 10.8 Å². The summed E-state index contributed by atoms with van der Waals surface area (Å²) in [6.07, 6.45) is 8.61. The van der Waals surface area contributed by atoms with Crippen LogP contribution in [0.4, 0.5) is 0 Å². The highest BCUT2D eigenvalue weighted by Gasteiger charge is 2.35. The van der Waals surface area contributed by atoms with E-state index in [1.807, 2.05) is 6.07 Å². The quantitative estimate of drug-likeness (QED) is 0.662. The molecule has 1 fully saturated rings. The summed E-state index contributed by atoms with van der Waals surface area (Å²) in [5.41, 5.74) is 7.08. The predicted molar refractivity (Wildman–Crippen MR) is 92.7 cm³/mol. The minimum absolute atomic E-state index is 0.248. The molecular formula is C18H19ClN4O. The number of carbonyl (C=O) groups is 1. The van der Waals surface area contributed by atoms with E-state index in [1.54, 1.807) is 42.6 Å². The number of piperidine rings is 1. The Hall–Kier alpha value is -2.29. The molecular weight excluding hydrogens is 324 g/mol. The van der Waals surface area contributed by atoms with Crippen LogP contribution in [0.3, 0.4) is 0 Å². The number of nitrogens with zero attached hydrogens (tertiary/aromatic N) is 3. The maximum atomic E-state index is 12.6. The first-order valence-electron chi connectivity index (χ1n) is 7.99. The second-order valence-electron chi connectivity index (χ2n) is 6.02. The molecule has 0 aromatic heterocycles. The molecule has 0 saturated carbocycles. The van der Waals surface area contributed by atoms with Crippen molar-refractivity contribution in [2.24, 2.45) is 5.73 Å². The van der Waals surface area contributed by atoms with Crippen LogP contribution >= 0.6 is 11.6 Å². The van der Waals surface area contributed by atoms with Crippen LogP contribution in [0, 0.1) is 11.3 Å². The molecule has 124 valence electrons. The van der Waals surface area contributed by atoms with Crippen molar-refractivity contribution in [2.45, 2.75) is 24.3 Å². The molecule has 3 rings (SSSR count). The van der Waals surface area contributed by atoms with Crippen LogP contribution < -0.4 is 5.73 Å². The lowest BCUT2D eigenvalue weighted by atomic mass is 10.1. The van der Waals surface area contributed by atoms with Crippen LogP contribution in [0.2, 0.25) is 0 Å². The van der Waals surface area contributed by atoms with Gasteiger partial charge in [0, 0.05) is 24.9 Å². The Balaban J connectivity index is 1.79. The lowest BCUT2D eigenvalue weighted by Crippen LogP contribution is -2.48. The minimum Gasteiger partial charge on any atom is -0.385 e. The SMILES string of the molecule is N#Cc1ccc(C(=O)N2C=CC(Cl)(N3CCCCC3)C=C2N)cc1. The number of alkyl halides is 1. The smallest absolute Gasteiger partial charge is 0.263 e. The molecule has 0 spiro atoms. The second-order valence-corrected chi connectivity index (χ2v) is 6.63. The molecule has 1 aromatic rings. The molecule has 2 N–H and O–H groups in total. The van der Waals surface area contributed by atoms with Gasteiger partial charge in [0.25, 0.3) is 5.91 Å². The molecule has 1 amide bonds. The first-order chi connectivity index (χ1) is 11.5. The average molecular weight is 343 g/mol. The van der Waals surface area contributed by atoms with Crippen LogP contribution in [0.25, 0.3) is 0 Å². The first-order valence-corrected chi connectivity index (χ1v) is 8.37. The monoisotopic (exact) mass is 342 g/mol. The number of rotatable bonds is 2. The van der Waals surface area contributed by atoms with Gasteiger partial charge in [-0.25, -0.2) is 0 Å². The first kappa shape index (κ1) is 16.6. The predicted octanol–water partition coefficient (Wildman–Crippen LogP) is 2.75. The van der Waals surface area contributed by atoms with Crippen LogP contribution in [-0.4, -0.2) is 33.8 Å². The van der Waals surface area contributed by atoms with E-state index >= 15 is 0 Å². The Morgan fingerprint density at radius 2 is 1.88 bits per heavy atom. The highest BCUT2D eigenvalue weighted by Crippen LogP contribution is 2.32. The summed E-state index contributed by atoms with van der Waals surface area (Å²) >= 11 is 6.71. The fourth-order valence-electron chi connectivity index (χ4n) is 3.03.